The largest absolute Gasteiger partial charge is 0.419 e. The number of ether oxygens (including phenoxy) is 1. The molecule has 1 fully saturated rings. The van der Waals surface area contributed by atoms with Crippen LogP contribution in [0.4, 0.5) is 18.9 Å². The van der Waals surface area contributed by atoms with E-state index >= 15 is 0 Å². The van der Waals surface area contributed by atoms with Crippen LogP contribution in [0.5, 0.6) is 0 Å². The van der Waals surface area contributed by atoms with Crippen molar-refractivity contribution < 1.29 is 22.7 Å². The second-order valence-electron chi connectivity index (χ2n) is 5.71. The maximum atomic E-state index is 12.9. The minimum absolute atomic E-state index is 0.0888. The maximum absolute atomic E-state index is 12.9. The lowest BCUT2D eigenvalue weighted by Gasteiger charge is -2.49. The molecule has 1 heterocycles. The number of rotatable bonds is 4. The highest BCUT2D eigenvalue weighted by molar-refractivity contribution is 5.93. The van der Waals surface area contributed by atoms with Crippen molar-refractivity contribution in [2.45, 2.75) is 25.6 Å². The fraction of sp³-hybridized carbons (Fsp3) is 0.533. The number of alkyl halides is 3. The first kappa shape index (κ1) is 16.8. The standard InChI is InChI=1S/C15H19F3N2O2/c1-10-4-5-12(11(2)6-10)19-13(21)7-20-8-14(9-20,22-3)15(16,17)18/h4-6H,7-9H2,1-3H3,(H,19,21). The topological polar surface area (TPSA) is 41.6 Å². The van der Waals surface area contributed by atoms with Crippen LogP contribution in [0.1, 0.15) is 11.1 Å². The van der Waals surface area contributed by atoms with Gasteiger partial charge in [0.15, 0.2) is 5.60 Å². The van der Waals surface area contributed by atoms with E-state index in [9.17, 15) is 18.0 Å². The van der Waals surface area contributed by atoms with Crippen molar-refractivity contribution in [2.75, 3.05) is 32.1 Å². The summed E-state index contributed by atoms with van der Waals surface area (Å²) in [7, 11) is 1.04. The molecule has 4 nitrogen and oxygen atoms in total. The lowest BCUT2D eigenvalue weighted by molar-refractivity contribution is -0.309. The summed E-state index contributed by atoms with van der Waals surface area (Å²) in [5, 5.41) is 2.72. The molecule has 0 saturated carbocycles. The first-order chi connectivity index (χ1) is 10.2. The summed E-state index contributed by atoms with van der Waals surface area (Å²) in [6.45, 7) is 3.07. The van der Waals surface area contributed by atoms with Gasteiger partial charge >= 0.3 is 6.18 Å². The van der Waals surface area contributed by atoms with Crippen LogP contribution in [0.3, 0.4) is 0 Å². The number of likely N-dealkylation sites (tertiary alicyclic amines) is 1. The number of nitrogens with one attached hydrogen (secondary N) is 1. The van der Waals surface area contributed by atoms with Gasteiger partial charge in [-0.25, -0.2) is 0 Å². The molecule has 1 aliphatic rings. The molecule has 0 aromatic heterocycles. The van der Waals surface area contributed by atoms with Crippen LogP contribution >= 0.6 is 0 Å². The molecule has 0 aliphatic carbocycles. The van der Waals surface area contributed by atoms with Crippen LogP contribution in [0.25, 0.3) is 0 Å². The molecule has 0 radical (unpaired) electrons. The van der Waals surface area contributed by atoms with Gasteiger partial charge in [-0.3, -0.25) is 9.69 Å². The van der Waals surface area contributed by atoms with E-state index in [1.165, 1.54) is 4.90 Å². The van der Waals surface area contributed by atoms with E-state index in [-0.39, 0.29) is 25.5 Å². The third-order valence-electron chi connectivity index (χ3n) is 3.89. The van der Waals surface area contributed by atoms with E-state index in [1.807, 2.05) is 26.0 Å². The molecule has 1 saturated heterocycles. The first-order valence-corrected chi connectivity index (χ1v) is 6.88. The number of methoxy groups -OCH3 is 1. The van der Waals surface area contributed by atoms with Gasteiger partial charge in [-0.05, 0) is 25.5 Å². The van der Waals surface area contributed by atoms with Gasteiger partial charge in [-0.1, -0.05) is 17.7 Å². The summed E-state index contributed by atoms with van der Waals surface area (Å²) >= 11 is 0. The lowest BCUT2D eigenvalue weighted by Crippen LogP contribution is -2.70. The van der Waals surface area contributed by atoms with Gasteiger partial charge < -0.3 is 10.1 Å². The van der Waals surface area contributed by atoms with E-state index in [0.29, 0.717) is 5.69 Å². The summed E-state index contributed by atoms with van der Waals surface area (Å²) in [6.07, 6.45) is -4.43. The van der Waals surface area contributed by atoms with E-state index in [4.69, 9.17) is 0 Å². The van der Waals surface area contributed by atoms with Crippen molar-refractivity contribution in [3.05, 3.63) is 29.3 Å². The monoisotopic (exact) mass is 316 g/mol. The molecule has 1 amide bonds. The van der Waals surface area contributed by atoms with Crippen LogP contribution in [-0.4, -0.2) is 49.3 Å². The zero-order chi connectivity index (χ0) is 16.5. The summed E-state index contributed by atoms with van der Waals surface area (Å²) in [5.74, 6) is -0.334. The molecule has 0 spiro atoms. The van der Waals surface area contributed by atoms with Crippen molar-refractivity contribution in [3.63, 3.8) is 0 Å². The SMILES string of the molecule is COC1(C(F)(F)F)CN(CC(=O)Nc2ccc(C)cc2C)C1. The summed E-state index contributed by atoms with van der Waals surface area (Å²) in [4.78, 5) is 13.3. The normalized spacial score (nSPS) is 17.9. The molecular weight excluding hydrogens is 297 g/mol. The van der Waals surface area contributed by atoms with Crippen LogP contribution < -0.4 is 5.32 Å². The molecule has 1 aromatic carbocycles. The predicted octanol–water partition coefficient (Wildman–Crippen LogP) is 2.51. The number of aryl methyl sites for hydroxylation is 2. The molecule has 7 heteroatoms. The summed E-state index contributed by atoms with van der Waals surface area (Å²) in [5.41, 5.74) is 0.518. The molecule has 1 N–H and O–H groups in total. The number of hydrogen-bond acceptors (Lipinski definition) is 3. The van der Waals surface area contributed by atoms with E-state index in [0.717, 1.165) is 18.2 Å². The number of halogens is 3. The summed E-state index contributed by atoms with van der Waals surface area (Å²) < 4.78 is 43.2. The predicted molar refractivity (Wildman–Crippen MR) is 76.8 cm³/mol. The Balaban J connectivity index is 1.90. The minimum atomic E-state index is -4.43. The fourth-order valence-corrected chi connectivity index (χ4v) is 2.56. The third-order valence-corrected chi connectivity index (χ3v) is 3.89. The number of nitrogens with zero attached hydrogens (tertiary/aromatic N) is 1. The molecule has 0 unspecified atom stereocenters. The van der Waals surface area contributed by atoms with Gasteiger partial charge in [0.05, 0.1) is 6.54 Å². The highest BCUT2D eigenvalue weighted by atomic mass is 19.4. The van der Waals surface area contributed by atoms with Gasteiger partial charge in [0, 0.05) is 25.9 Å². The Hall–Kier alpha value is -1.60. The Morgan fingerprint density at radius 1 is 1.36 bits per heavy atom. The number of hydrogen-bond donors (Lipinski definition) is 1. The minimum Gasteiger partial charge on any atom is -0.366 e. The van der Waals surface area contributed by atoms with Gasteiger partial charge in [0.2, 0.25) is 5.91 Å². The van der Waals surface area contributed by atoms with Gasteiger partial charge in [0.25, 0.3) is 0 Å². The molecular formula is C15H19F3N2O2. The Morgan fingerprint density at radius 3 is 2.50 bits per heavy atom. The average molecular weight is 316 g/mol. The zero-order valence-corrected chi connectivity index (χ0v) is 12.8. The van der Waals surface area contributed by atoms with Crippen LogP contribution in [0.15, 0.2) is 18.2 Å². The smallest absolute Gasteiger partial charge is 0.366 e. The van der Waals surface area contributed by atoms with E-state index < -0.39 is 11.8 Å². The quantitative estimate of drug-likeness (QED) is 0.928. The number of anilines is 1. The third kappa shape index (κ3) is 3.25. The number of amides is 1. The molecule has 0 atom stereocenters. The second-order valence-corrected chi connectivity index (χ2v) is 5.71. The highest BCUT2D eigenvalue weighted by Gasteiger charge is 2.62. The van der Waals surface area contributed by atoms with Gasteiger partial charge in [-0.15, -0.1) is 0 Å². The maximum Gasteiger partial charge on any atom is 0.419 e. The Labute approximate surface area is 127 Å². The van der Waals surface area contributed by atoms with Crippen molar-refractivity contribution in [1.29, 1.82) is 0 Å². The van der Waals surface area contributed by atoms with Crippen molar-refractivity contribution in [2.24, 2.45) is 0 Å². The van der Waals surface area contributed by atoms with Crippen molar-refractivity contribution in [3.8, 4) is 0 Å². The van der Waals surface area contributed by atoms with Crippen LogP contribution in [0.2, 0.25) is 0 Å². The number of carbonyl (C=O) groups excluding carboxylic acids is 1. The molecule has 1 aromatic rings. The molecule has 0 bridgehead atoms. The fourth-order valence-electron chi connectivity index (χ4n) is 2.56. The second kappa shape index (κ2) is 5.89. The molecule has 22 heavy (non-hydrogen) atoms. The van der Waals surface area contributed by atoms with Crippen LogP contribution in [-0.2, 0) is 9.53 Å². The zero-order valence-electron chi connectivity index (χ0n) is 12.8. The highest BCUT2D eigenvalue weighted by Crippen LogP contribution is 2.40. The van der Waals surface area contributed by atoms with E-state index in [1.54, 1.807) is 6.07 Å². The Morgan fingerprint density at radius 2 is 2.00 bits per heavy atom. The Bertz CT molecular complexity index is 566. The van der Waals surface area contributed by atoms with Crippen molar-refractivity contribution in [1.82, 2.24) is 4.90 Å². The molecule has 122 valence electrons. The first-order valence-electron chi connectivity index (χ1n) is 6.88. The summed E-state index contributed by atoms with van der Waals surface area (Å²) in [6, 6.07) is 5.58. The van der Waals surface area contributed by atoms with Crippen LogP contribution in [0, 0.1) is 13.8 Å². The van der Waals surface area contributed by atoms with E-state index in [2.05, 4.69) is 10.1 Å². The number of benzene rings is 1. The average Bonchev–Trinajstić information content (AvgIpc) is 2.35. The lowest BCUT2D eigenvalue weighted by atomic mass is 9.93. The van der Waals surface area contributed by atoms with Crippen molar-refractivity contribution >= 4 is 11.6 Å². The molecule has 2 rings (SSSR count). The Kier molecular flexibility index (Phi) is 4.49. The van der Waals surface area contributed by atoms with Gasteiger partial charge in [-0.2, -0.15) is 13.2 Å². The van der Waals surface area contributed by atoms with Gasteiger partial charge in [0.1, 0.15) is 0 Å². The molecule has 1 aliphatic heterocycles. The number of carbonyl (C=O) groups is 1.